The standard InChI is InChI=1S/C9H7BrN4/c10-7-2-1-3-8(4-7)13-14-9-5-11-6-12-9/h1-6H,(H,11,12). The van der Waals surface area contributed by atoms with E-state index >= 15 is 0 Å². The molecular formula is C9H7BrN4. The minimum Gasteiger partial charge on any atom is -0.328 e. The predicted octanol–water partition coefficient (Wildman–Crippen LogP) is 3.59. The van der Waals surface area contributed by atoms with Gasteiger partial charge >= 0.3 is 0 Å². The number of hydrogen-bond acceptors (Lipinski definition) is 3. The Morgan fingerprint density at radius 3 is 2.93 bits per heavy atom. The number of H-pyrrole nitrogens is 1. The predicted molar refractivity (Wildman–Crippen MR) is 56.9 cm³/mol. The van der Waals surface area contributed by atoms with Crippen LogP contribution in [-0.2, 0) is 0 Å². The lowest BCUT2D eigenvalue weighted by atomic mass is 10.3. The summed E-state index contributed by atoms with van der Waals surface area (Å²) >= 11 is 3.36. The summed E-state index contributed by atoms with van der Waals surface area (Å²) < 4.78 is 0.985. The van der Waals surface area contributed by atoms with Crippen LogP contribution in [0.1, 0.15) is 0 Å². The van der Waals surface area contributed by atoms with Crippen molar-refractivity contribution in [1.29, 1.82) is 0 Å². The number of nitrogens with zero attached hydrogens (tertiary/aromatic N) is 3. The molecule has 0 saturated carbocycles. The number of aromatic amines is 1. The maximum atomic E-state index is 4.03. The van der Waals surface area contributed by atoms with Gasteiger partial charge < -0.3 is 4.98 Å². The average molecular weight is 251 g/mol. The van der Waals surface area contributed by atoms with Crippen molar-refractivity contribution in [3.05, 3.63) is 41.3 Å². The van der Waals surface area contributed by atoms with Crippen molar-refractivity contribution in [1.82, 2.24) is 9.97 Å². The second kappa shape index (κ2) is 4.15. The van der Waals surface area contributed by atoms with E-state index in [-0.39, 0.29) is 0 Å². The molecule has 0 bridgehead atoms. The number of nitrogens with one attached hydrogen (secondary N) is 1. The summed E-state index contributed by atoms with van der Waals surface area (Å²) in [5, 5.41) is 8.00. The number of imidazole rings is 1. The maximum absolute atomic E-state index is 4.03. The van der Waals surface area contributed by atoms with Gasteiger partial charge in [-0.25, -0.2) is 4.98 Å². The van der Waals surface area contributed by atoms with E-state index in [2.05, 4.69) is 36.1 Å². The zero-order chi connectivity index (χ0) is 9.80. The largest absolute Gasteiger partial charge is 0.328 e. The fourth-order valence-electron chi connectivity index (χ4n) is 0.953. The van der Waals surface area contributed by atoms with Crippen molar-refractivity contribution in [2.75, 3.05) is 0 Å². The molecule has 0 fully saturated rings. The van der Waals surface area contributed by atoms with Crippen LogP contribution >= 0.6 is 15.9 Å². The second-order valence-corrected chi connectivity index (χ2v) is 3.53. The molecule has 1 aromatic heterocycles. The number of rotatable bonds is 2. The normalized spacial score (nSPS) is 10.9. The van der Waals surface area contributed by atoms with Crippen molar-refractivity contribution >= 4 is 27.4 Å². The molecule has 70 valence electrons. The van der Waals surface area contributed by atoms with Crippen molar-refractivity contribution in [2.24, 2.45) is 10.2 Å². The molecule has 5 heteroatoms. The minimum absolute atomic E-state index is 0.643. The molecule has 0 aliphatic heterocycles. The molecule has 14 heavy (non-hydrogen) atoms. The van der Waals surface area contributed by atoms with Crippen LogP contribution in [0.2, 0.25) is 0 Å². The van der Waals surface area contributed by atoms with Gasteiger partial charge in [0.15, 0.2) is 5.82 Å². The van der Waals surface area contributed by atoms with Gasteiger partial charge in [-0.15, -0.1) is 10.2 Å². The van der Waals surface area contributed by atoms with E-state index < -0.39 is 0 Å². The third-order valence-corrected chi connectivity index (χ3v) is 2.06. The molecule has 0 spiro atoms. The number of hydrogen-bond donors (Lipinski definition) is 1. The first-order chi connectivity index (χ1) is 6.84. The first-order valence-corrected chi connectivity index (χ1v) is 4.79. The Bertz CT molecular complexity index is 436. The van der Waals surface area contributed by atoms with Crippen LogP contribution in [0.4, 0.5) is 11.5 Å². The topological polar surface area (TPSA) is 53.4 Å². The highest BCUT2D eigenvalue weighted by Gasteiger charge is 1.91. The van der Waals surface area contributed by atoms with Crippen molar-refractivity contribution in [2.45, 2.75) is 0 Å². The number of benzene rings is 1. The summed E-state index contributed by atoms with van der Waals surface area (Å²) in [7, 11) is 0. The summed E-state index contributed by atoms with van der Waals surface area (Å²) in [4.78, 5) is 6.67. The fraction of sp³-hybridized carbons (Fsp3) is 0. The molecule has 0 atom stereocenters. The monoisotopic (exact) mass is 250 g/mol. The Morgan fingerprint density at radius 2 is 2.21 bits per heavy atom. The van der Waals surface area contributed by atoms with Gasteiger partial charge in [0.2, 0.25) is 0 Å². The summed E-state index contributed by atoms with van der Waals surface area (Å²) in [6.07, 6.45) is 3.18. The lowest BCUT2D eigenvalue weighted by Crippen LogP contribution is -1.64. The van der Waals surface area contributed by atoms with Gasteiger partial charge in [0.25, 0.3) is 0 Å². The van der Waals surface area contributed by atoms with Gasteiger partial charge in [-0.05, 0) is 18.2 Å². The van der Waals surface area contributed by atoms with Crippen molar-refractivity contribution in [3.8, 4) is 0 Å². The van der Waals surface area contributed by atoms with Crippen LogP contribution < -0.4 is 0 Å². The molecule has 0 saturated heterocycles. The Balaban J connectivity index is 2.18. The third kappa shape index (κ3) is 2.26. The molecule has 1 aromatic carbocycles. The highest BCUT2D eigenvalue weighted by molar-refractivity contribution is 9.10. The zero-order valence-corrected chi connectivity index (χ0v) is 8.77. The Labute approximate surface area is 89.2 Å². The van der Waals surface area contributed by atoms with E-state index in [9.17, 15) is 0 Å². The maximum Gasteiger partial charge on any atom is 0.172 e. The Morgan fingerprint density at radius 1 is 1.29 bits per heavy atom. The van der Waals surface area contributed by atoms with Crippen LogP contribution in [0, 0.1) is 0 Å². The fourth-order valence-corrected chi connectivity index (χ4v) is 1.34. The molecule has 4 nitrogen and oxygen atoms in total. The first-order valence-electron chi connectivity index (χ1n) is 4.00. The third-order valence-electron chi connectivity index (χ3n) is 1.57. The highest BCUT2D eigenvalue weighted by Crippen LogP contribution is 2.20. The van der Waals surface area contributed by atoms with E-state index in [0.717, 1.165) is 10.2 Å². The SMILES string of the molecule is Brc1cccc(N=Nc2cnc[nH]2)c1. The molecule has 1 heterocycles. The molecular weight excluding hydrogens is 244 g/mol. The second-order valence-electron chi connectivity index (χ2n) is 2.62. The van der Waals surface area contributed by atoms with Gasteiger partial charge in [-0.3, -0.25) is 0 Å². The van der Waals surface area contributed by atoms with Gasteiger partial charge in [-0.2, -0.15) is 0 Å². The van der Waals surface area contributed by atoms with E-state index in [1.165, 1.54) is 0 Å². The molecule has 2 aromatic rings. The Hall–Kier alpha value is -1.49. The lowest BCUT2D eigenvalue weighted by molar-refractivity contribution is 1.18. The quantitative estimate of drug-likeness (QED) is 0.814. The van der Waals surface area contributed by atoms with Gasteiger partial charge in [0.1, 0.15) is 0 Å². The smallest absolute Gasteiger partial charge is 0.172 e. The molecule has 0 aliphatic carbocycles. The average Bonchev–Trinajstić information content (AvgIpc) is 2.67. The van der Waals surface area contributed by atoms with Crippen molar-refractivity contribution < 1.29 is 0 Å². The molecule has 2 rings (SSSR count). The van der Waals surface area contributed by atoms with Gasteiger partial charge in [0.05, 0.1) is 18.2 Å². The minimum atomic E-state index is 0.643. The lowest BCUT2D eigenvalue weighted by Gasteiger charge is -1.91. The molecule has 0 radical (unpaired) electrons. The zero-order valence-electron chi connectivity index (χ0n) is 7.18. The van der Waals surface area contributed by atoms with E-state index in [1.54, 1.807) is 12.5 Å². The molecule has 1 N–H and O–H groups in total. The van der Waals surface area contributed by atoms with Crippen LogP contribution in [-0.4, -0.2) is 9.97 Å². The molecule has 0 amide bonds. The Kier molecular flexibility index (Phi) is 2.69. The number of halogens is 1. The van der Waals surface area contributed by atoms with Gasteiger partial charge in [-0.1, -0.05) is 22.0 Å². The van der Waals surface area contributed by atoms with E-state index in [4.69, 9.17) is 0 Å². The van der Waals surface area contributed by atoms with Crippen LogP contribution in [0.15, 0.2) is 51.5 Å². The summed E-state index contributed by atoms with van der Waals surface area (Å²) in [6, 6.07) is 7.62. The first kappa shape index (κ1) is 9.08. The van der Waals surface area contributed by atoms with Crippen LogP contribution in [0.5, 0.6) is 0 Å². The highest BCUT2D eigenvalue weighted by atomic mass is 79.9. The van der Waals surface area contributed by atoms with E-state index in [0.29, 0.717) is 5.82 Å². The summed E-state index contributed by atoms with van der Waals surface area (Å²) in [6.45, 7) is 0. The molecule has 0 aliphatic rings. The molecule has 0 unspecified atom stereocenters. The van der Waals surface area contributed by atoms with Gasteiger partial charge in [0, 0.05) is 4.47 Å². The van der Waals surface area contributed by atoms with E-state index in [1.807, 2.05) is 24.3 Å². The summed E-state index contributed by atoms with van der Waals surface area (Å²) in [5.41, 5.74) is 0.800. The van der Waals surface area contributed by atoms with Crippen LogP contribution in [0.25, 0.3) is 0 Å². The van der Waals surface area contributed by atoms with Crippen LogP contribution in [0.3, 0.4) is 0 Å². The number of aromatic nitrogens is 2. The van der Waals surface area contributed by atoms with Crippen molar-refractivity contribution in [3.63, 3.8) is 0 Å². The number of azo groups is 1. The summed E-state index contributed by atoms with van der Waals surface area (Å²) in [5.74, 6) is 0.643.